The van der Waals surface area contributed by atoms with E-state index in [-0.39, 0.29) is 12.4 Å². The number of carbonyl (C=O) groups excluding carboxylic acids is 1. The van der Waals surface area contributed by atoms with E-state index in [0.29, 0.717) is 22.3 Å². The van der Waals surface area contributed by atoms with E-state index in [4.69, 9.17) is 0 Å². The van der Waals surface area contributed by atoms with Crippen molar-refractivity contribution < 1.29 is 18.0 Å². The molecule has 2 amide bonds. The topological polar surface area (TPSA) is 41.1 Å². The molecule has 2 N–H and O–H groups in total. The summed E-state index contributed by atoms with van der Waals surface area (Å²) >= 11 is 0.411. The molecule has 0 bridgehead atoms. The van der Waals surface area contributed by atoms with Crippen LogP contribution in [0, 0.1) is 5.82 Å². The Hall–Kier alpha value is -2.15. The lowest BCUT2D eigenvalue weighted by Gasteiger charge is -2.09. The van der Waals surface area contributed by atoms with Gasteiger partial charge in [-0.05, 0) is 35.9 Å². The van der Waals surface area contributed by atoms with Gasteiger partial charge in [-0.15, -0.1) is 0 Å². The van der Waals surface area contributed by atoms with E-state index in [2.05, 4.69) is 10.6 Å². The fraction of sp³-hybridized carbons (Fsp3) is 0.133. The van der Waals surface area contributed by atoms with Gasteiger partial charge in [0, 0.05) is 17.1 Å². The average Bonchev–Trinajstić information content (AvgIpc) is 2.46. The van der Waals surface area contributed by atoms with Gasteiger partial charge in [-0.2, -0.15) is 8.78 Å². The van der Waals surface area contributed by atoms with Crippen LogP contribution in [-0.2, 0) is 6.54 Å². The van der Waals surface area contributed by atoms with Crippen molar-refractivity contribution in [3.05, 3.63) is 59.9 Å². The zero-order valence-corrected chi connectivity index (χ0v) is 12.2. The zero-order valence-electron chi connectivity index (χ0n) is 11.4. The van der Waals surface area contributed by atoms with Crippen LogP contribution < -0.4 is 10.6 Å². The lowest BCUT2D eigenvalue weighted by Crippen LogP contribution is -2.28. The van der Waals surface area contributed by atoms with Gasteiger partial charge in [-0.3, -0.25) is 0 Å². The van der Waals surface area contributed by atoms with Crippen LogP contribution in [0.1, 0.15) is 5.56 Å². The van der Waals surface area contributed by atoms with Crippen LogP contribution in [0.2, 0.25) is 0 Å². The van der Waals surface area contributed by atoms with Crippen molar-refractivity contribution in [1.29, 1.82) is 0 Å². The van der Waals surface area contributed by atoms with Crippen LogP contribution in [0.3, 0.4) is 0 Å². The molecule has 0 saturated carbocycles. The normalized spacial score (nSPS) is 10.5. The van der Waals surface area contributed by atoms with Gasteiger partial charge in [0.1, 0.15) is 5.82 Å². The first kappa shape index (κ1) is 16.2. The van der Waals surface area contributed by atoms with Gasteiger partial charge < -0.3 is 10.6 Å². The second-order valence-electron chi connectivity index (χ2n) is 4.34. The van der Waals surface area contributed by atoms with Crippen LogP contribution >= 0.6 is 11.8 Å². The predicted octanol–water partition coefficient (Wildman–Crippen LogP) is 4.46. The van der Waals surface area contributed by atoms with Gasteiger partial charge in [0.2, 0.25) is 0 Å². The quantitative estimate of drug-likeness (QED) is 0.796. The van der Waals surface area contributed by atoms with Crippen LogP contribution in [0.15, 0.2) is 53.4 Å². The molecule has 0 saturated heterocycles. The van der Waals surface area contributed by atoms with Gasteiger partial charge in [-0.1, -0.05) is 30.0 Å². The minimum absolute atomic E-state index is 0.234. The Morgan fingerprint density at radius 1 is 1.14 bits per heavy atom. The Labute approximate surface area is 129 Å². The van der Waals surface area contributed by atoms with Gasteiger partial charge in [0.25, 0.3) is 5.76 Å². The largest absolute Gasteiger partial charge is 0.334 e. The summed E-state index contributed by atoms with van der Waals surface area (Å²) < 4.78 is 37.3. The number of anilines is 1. The summed E-state index contributed by atoms with van der Waals surface area (Å²) in [6.07, 6.45) is 0. The molecule has 0 unspecified atom stereocenters. The van der Waals surface area contributed by atoms with E-state index >= 15 is 0 Å². The number of thioether (sulfide) groups is 1. The van der Waals surface area contributed by atoms with Crippen molar-refractivity contribution in [3.8, 4) is 0 Å². The Kier molecular flexibility index (Phi) is 5.71. The number of benzene rings is 2. The highest BCUT2D eigenvalue weighted by Crippen LogP contribution is 2.27. The number of halogens is 3. The molecule has 0 aliphatic heterocycles. The van der Waals surface area contributed by atoms with Gasteiger partial charge in [0.15, 0.2) is 0 Å². The van der Waals surface area contributed by atoms with E-state index in [0.717, 1.165) is 5.56 Å². The Morgan fingerprint density at radius 3 is 2.55 bits per heavy atom. The summed E-state index contributed by atoms with van der Waals surface area (Å²) in [7, 11) is 0. The molecule has 2 rings (SSSR count). The number of alkyl halides is 2. The maximum atomic E-state index is 12.7. The van der Waals surface area contributed by atoms with Crippen molar-refractivity contribution in [2.45, 2.75) is 17.2 Å². The Morgan fingerprint density at radius 2 is 1.86 bits per heavy atom. The highest BCUT2D eigenvalue weighted by molar-refractivity contribution is 7.99. The first-order valence-electron chi connectivity index (χ1n) is 6.37. The molecule has 22 heavy (non-hydrogen) atoms. The molecule has 0 aliphatic rings. The summed E-state index contributed by atoms with van der Waals surface area (Å²) in [6, 6.07) is 11.5. The average molecular weight is 326 g/mol. The van der Waals surface area contributed by atoms with E-state index in [1.54, 1.807) is 30.3 Å². The molecule has 2 aromatic rings. The first-order chi connectivity index (χ1) is 10.5. The Balaban J connectivity index is 1.87. The molecule has 2 aromatic carbocycles. The van der Waals surface area contributed by atoms with E-state index in [9.17, 15) is 18.0 Å². The third-order valence-electron chi connectivity index (χ3n) is 2.68. The number of hydrogen-bond donors (Lipinski definition) is 2. The molecular weight excluding hydrogens is 313 g/mol. The lowest BCUT2D eigenvalue weighted by atomic mass is 10.2. The number of rotatable bonds is 5. The van der Waals surface area contributed by atoms with Crippen LogP contribution in [-0.4, -0.2) is 11.8 Å². The minimum atomic E-state index is -2.51. The molecular formula is C15H13F3N2OS. The molecule has 116 valence electrons. The lowest BCUT2D eigenvalue weighted by molar-refractivity contribution is 0.251. The second-order valence-corrected chi connectivity index (χ2v) is 5.40. The predicted molar refractivity (Wildman–Crippen MR) is 80.6 cm³/mol. The molecule has 0 heterocycles. The SMILES string of the molecule is O=C(NCc1ccc(F)cc1)Nc1cccc(SC(F)F)c1. The maximum absolute atomic E-state index is 12.7. The van der Waals surface area contributed by atoms with Crippen molar-refractivity contribution >= 4 is 23.5 Å². The number of urea groups is 1. The molecule has 0 atom stereocenters. The van der Waals surface area contributed by atoms with Crippen LogP contribution in [0.5, 0.6) is 0 Å². The van der Waals surface area contributed by atoms with Crippen molar-refractivity contribution in [2.24, 2.45) is 0 Å². The third-order valence-corrected chi connectivity index (χ3v) is 3.39. The summed E-state index contributed by atoms with van der Waals surface area (Å²) in [5, 5.41) is 5.15. The number of amides is 2. The molecule has 3 nitrogen and oxygen atoms in total. The van der Waals surface area contributed by atoms with E-state index in [1.807, 2.05) is 0 Å². The molecule has 7 heteroatoms. The van der Waals surface area contributed by atoms with Crippen molar-refractivity contribution in [2.75, 3.05) is 5.32 Å². The van der Waals surface area contributed by atoms with Gasteiger partial charge in [-0.25, -0.2) is 9.18 Å². The minimum Gasteiger partial charge on any atom is -0.334 e. The van der Waals surface area contributed by atoms with E-state index in [1.165, 1.54) is 18.2 Å². The fourth-order valence-electron chi connectivity index (χ4n) is 1.71. The number of hydrogen-bond acceptors (Lipinski definition) is 2. The smallest absolute Gasteiger partial charge is 0.319 e. The molecule has 0 aliphatic carbocycles. The number of carbonyl (C=O) groups is 1. The van der Waals surface area contributed by atoms with Crippen LogP contribution in [0.4, 0.5) is 23.7 Å². The fourth-order valence-corrected chi connectivity index (χ4v) is 2.27. The van der Waals surface area contributed by atoms with Crippen molar-refractivity contribution in [3.63, 3.8) is 0 Å². The van der Waals surface area contributed by atoms with Crippen LogP contribution in [0.25, 0.3) is 0 Å². The van der Waals surface area contributed by atoms with Gasteiger partial charge >= 0.3 is 6.03 Å². The summed E-state index contributed by atoms with van der Waals surface area (Å²) in [4.78, 5) is 12.1. The monoisotopic (exact) mass is 326 g/mol. The first-order valence-corrected chi connectivity index (χ1v) is 7.25. The third kappa shape index (κ3) is 5.33. The molecule has 0 spiro atoms. The standard InChI is InChI=1S/C15H13F3N2OS/c16-11-6-4-10(5-7-11)9-19-15(21)20-12-2-1-3-13(8-12)22-14(17)18/h1-8,14H,9H2,(H2,19,20,21). The summed E-state index contributed by atoms with van der Waals surface area (Å²) in [5.41, 5.74) is 1.17. The molecule has 0 aromatic heterocycles. The van der Waals surface area contributed by atoms with E-state index < -0.39 is 11.8 Å². The van der Waals surface area contributed by atoms with Crippen molar-refractivity contribution in [1.82, 2.24) is 5.32 Å². The second kappa shape index (κ2) is 7.74. The Bertz CT molecular complexity index is 635. The summed E-state index contributed by atoms with van der Waals surface area (Å²) in [6.45, 7) is 0.234. The molecule has 0 radical (unpaired) electrons. The highest BCUT2D eigenvalue weighted by atomic mass is 32.2. The zero-order chi connectivity index (χ0) is 15.9. The highest BCUT2D eigenvalue weighted by Gasteiger charge is 2.07. The van der Waals surface area contributed by atoms with Gasteiger partial charge in [0.05, 0.1) is 0 Å². The summed E-state index contributed by atoms with van der Waals surface area (Å²) in [5.74, 6) is -2.86. The number of nitrogens with one attached hydrogen (secondary N) is 2. The molecule has 0 fully saturated rings. The maximum Gasteiger partial charge on any atom is 0.319 e.